The van der Waals surface area contributed by atoms with Crippen molar-refractivity contribution in [1.82, 2.24) is 14.6 Å². The van der Waals surface area contributed by atoms with Gasteiger partial charge in [-0.15, -0.1) is 0 Å². The summed E-state index contributed by atoms with van der Waals surface area (Å²) in [5, 5.41) is 4.43. The highest BCUT2D eigenvalue weighted by Gasteiger charge is 2.40. The SMILES string of the molecule is C[C@@H]1[C@H](NC(=O)Cc2ccc3sncc3c2)C2CCN1CC2. The Balaban J connectivity index is 1.43. The zero-order valence-electron chi connectivity index (χ0n) is 12.8. The van der Waals surface area contributed by atoms with Crippen molar-refractivity contribution in [3.63, 3.8) is 0 Å². The highest BCUT2D eigenvalue weighted by atomic mass is 32.1. The lowest BCUT2D eigenvalue weighted by atomic mass is 9.79. The summed E-state index contributed by atoms with van der Waals surface area (Å²) in [6, 6.07) is 6.98. The van der Waals surface area contributed by atoms with Crippen molar-refractivity contribution in [3.05, 3.63) is 30.0 Å². The molecule has 2 atom stereocenters. The van der Waals surface area contributed by atoms with E-state index in [1.54, 1.807) is 0 Å². The lowest BCUT2D eigenvalue weighted by Gasteiger charge is -2.50. The van der Waals surface area contributed by atoms with Crippen LogP contribution < -0.4 is 5.32 Å². The van der Waals surface area contributed by atoms with E-state index in [2.05, 4.69) is 33.6 Å². The van der Waals surface area contributed by atoms with E-state index in [-0.39, 0.29) is 5.91 Å². The molecule has 3 fully saturated rings. The molecule has 116 valence electrons. The average molecular weight is 315 g/mol. The maximum Gasteiger partial charge on any atom is 0.224 e. The average Bonchev–Trinajstić information content (AvgIpc) is 2.99. The van der Waals surface area contributed by atoms with Crippen LogP contribution in [0.15, 0.2) is 24.4 Å². The molecular formula is C17H21N3OS. The van der Waals surface area contributed by atoms with Gasteiger partial charge in [-0.25, -0.2) is 0 Å². The number of carbonyl (C=O) groups is 1. The van der Waals surface area contributed by atoms with Gasteiger partial charge in [0.25, 0.3) is 0 Å². The Morgan fingerprint density at radius 2 is 2.23 bits per heavy atom. The van der Waals surface area contributed by atoms with Gasteiger partial charge in [-0.05, 0) is 68.0 Å². The van der Waals surface area contributed by atoms with Gasteiger partial charge in [-0.1, -0.05) is 6.07 Å². The number of amides is 1. The number of hydrogen-bond donors (Lipinski definition) is 1. The molecule has 2 aromatic rings. The second-order valence-corrected chi connectivity index (χ2v) is 7.42. The zero-order valence-corrected chi connectivity index (χ0v) is 13.6. The molecule has 1 aromatic carbocycles. The van der Waals surface area contributed by atoms with Crippen LogP contribution in [0.25, 0.3) is 10.1 Å². The second-order valence-electron chi connectivity index (χ2n) is 6.58. The molecule has 3 saturated heterocycles. The van der Waals surface area contributed by atoms with E-state index in [4.69, 9.17) is 0 Å². The molecule has 3 aliphatic rings. The van der Waals surface area contributed by atoms with Crippen molar-refractivity contribution < 1.29 is 4.79 Å². The number of carbonyl (C=O) groups excluding carboxylic acids is 1. The molecule has 5 heteroatoms. The molecule has 5 rings (SSSR count). The standard InChI is InChI=1S/C17H21N3OS/c1-11-17(13-4-6-20(11)7-5-13)19-16(21)9-12-2-3-15-14(8-12)10-18-22-15/h2-3,8,10-11,13,17H,4-7,9H2,1H3,(H,19,21)/t11-,17+/m1/s1. The van der Waals surface area contributed by atoms with Crippen molar-refractivity contribution in [2.45, 2.75) is 38.3 Å². The first-order chi connectivity index (χ1) is 10.7. The first-order valence-corrected chi connectivity index (χ1v) is 8.85. The van der Waals surface area contributed by atoms with Crippen molar-refractivity contribution in [3.8, 4) is 0 Å². The molecule has 0 unspecified atom stereocenters. The lowest BCUT2D eigenvalue weighted by molar-refractivity contribution is -0.123. The summed E-state index contributed by atoms with van der Waals surface area (Å²) in [5.41, 5.74) is 1.07. The second kappa shape index (κ2) is 5.63. The molecule has 2 bridgehead atoms. The number of piperidine rings is 3. The van der Waals surface area contributed by atoms with E-state index in [0.717, 1.165) is 10.9 Å². The summed E-state index contributed by atoms with van der Waals surface area (Å²) in [6.07, 6.45) is 4.78. The Labute approximate surface area is 134 Å². The fourth-order valence-electron chi connectivity index (χ4n) is 4.00. The minimum absolute atomic E-state index is 0.146. The van der Waals surface area contributed by atoms with Gasteiger partial charge in [0, 0.05) is 23.7 Å². The summed E-state index contributed by atoms with van der Waals surface area (Å²) in [4.78, 5) is 14.9. The van der Waals surface area contributed by atoms with Crippen molar-refractivity contribution in [2.75, 3.05) is 13.1 Å². The number of rotatable bonds is 3. The number of nitrogens with zero attached hydrogens (tertiary/aromatic N) is 2. The van der Waals surface area contributed by atoms with E-state index in [1.165, 1.54) is 42.2 Å². The number of fused-ring (bicyclic) bond motifs is 4. The fraction of sp³-hybridized carbons (Fsp3) is 0.529. The predicted octanol–water partition coefficient (Wildman–Crippen LogP) is 2.44. The van der Waals surface area contributed by atoms with Gasteiger partial charge in [0.15, 0.2) is 0 Å². The zero-order chi connectivity index (χ0) is 15.1. The molecule has 22 heavy (non-hydrogen) atoms. The van der Waals surface area contributed by atoms with Crippen LogP contribution in [0.1, 0.15) is 25.3 Å². The van der Waals surface area contributed by atoms with Crippen LogP contribution >= 0.6 is 11.5 Å². The maximum absolute atomic E-state index is 12.4. The number of benzene rings is 1. The van der Waals surface area contributed by atoms with E-state index in [0.29, 0.717) is 24.4 Å². The quantitative estimate of drug-likeness (QED) is 0.946. The number of hydrogen-bond acceptors (Lipinski definition) is 4. The van der Waals surface area contributed by atoms with Crippen LogP contribution in [0.3, 0.4) is 0 Å². The Hall–Kier alpha value is -1.46. The summed E-state index contributed by atoms with van der Waals surface area (Å²) in [5.74, 6) is 0.806. The van der Waals surface area contributed by atoms with Gasteiger partial charge >= 0.3 is 0 Å². The highest BCUT2D eigenvalue weighted by molar-refractivity contribution is 7.13. The first-order valence-electron chi connectivity index (χ1n) is 8.07. The molecule has 1 aromatic heterocycles. The van der Waals surface area contributed by atoms with E-state index >= 15 is 0 Å². The Morgan fingerprint density at radius 1 is 1.41 bits per heavy atom. The molecule has 0 radical (unpaired) electrons. The van der Waals surface area contributed by atoms with Crippen LogP contribution in [0.5, 0.6) is 0 Å². The number of nitrogens with one attached hydrogen (secondary N) is 1. The molecule has 0 saturated carbocycles. The fourth-order valence-corrected chi connectivity index (χ4v) is 4.63. The Kier molecular flexibility index (Phi) is 3.62. The summed E-state index contributed by atoms with van der Waals surface area (Å²) in [6.45, 7) is 4.64. The first kappa shape index (κ1) is 14.2. The van der Waals surface area contributed by atoms with Crippen molar-refractivity contribution in [1.29, 1.82) is 0 Å². The smallest absolute Gasteiger partial charge is 0.224 e. The predicted molar refractivity (Wildman–Crippen MR) is 89.0 cm³/mol. The van der Waals surface area contributed by atoms with Gasteiger partial charge in [0.1, 0.15) is 0 Å². The molecule has 0 spiro atoms. The van der Waals surface area contributed by atoms with Crippen molar-refractivity contribution >= 4 is 27.5 Å². The lowest BCUT2D eigenvalue weighted by Crippen LogP contribution is -2.62. The molecule has 0 aliphatic carbocycles. The van der Waals surface area contributed by atoms with Gasteiger partial charge in [-0.2, -0.15) is 4.37 Å². The van der Waals surface area contributed by atoms with Crippen LogP contribution in [-0.2, 0) is 11.2 Å². The summed E-state index contributed by atoms with van der Waals surface area (Å²) >= 11 is 1.50. The third-order valence-electron chi connectivity index (χ3n) is 5.29. The summed E-state index contributed by atoms with van der Waals surface area (Å²) < 4.78 is 5.36. The van der Waals surface area contributed by atoms with Crippen LogP contribution in [0.4, 0.5) is 0 Å². The summed E-state index contributed by atoms with van der Waals surface area (Å²) in [7, 11) is 0. The van der Waals surface area contributed by atoms with Crippen LogP contribution in [-0.4, -0.2) is 40.4 Å². The molecule has 4 nitrogen and oxygen atoms in total. The third-order valence-corrected chi connectivity index (χ3v) is 6.07. The van der Waals surface area contributed by atoms with E-state index in [1.807, 2.05) is 12.3 Å². The van der Waals surface area contributed by atoms with Crippen molar-refractivity contribution in [2.24, 2.45) is 5.92 Å². The van der Waals surface area contributed by atoms with Gasteiger partial charge in [0.05, 0.1) is 11.1 Å². The topological polar surface area (TPSA) is 45.2 Å². The largest absolute Gasteiger partial charge is 0.351 e. The van der Waals surface area contributed by atoms with Gasteiger partial charge in [0.2, 0.25) is 5.91 Å². The van der Waals surface area contributed by atoms with Gasteiger partial charge < -0.3 is 5.32 Å². The van der Waals surface area contributed by atoms with E-state index < -0.39 is 0 Å². The highest BCUT2D eigenvalue weighted by Crippen LogP contribution is 2.32. The normalized spacial score (nSPS) is 30.6. The van der Waals surface area contributed by atoms with Crippen LogP contribution in [0, 0.1) is 5.92 Å². The molecule has 1 amide bonds. The maximum atomic E-state index is 12.4. The van der Waals surface area contributed by atoms with Crippen LogP contribution in [0.2, 0.25) is 0 Å². The Morgan fingerprint density at radius 3 is 3.00 bits per heavy atom. The molecule has 1 N–H and O–H groups in total. The molecule has 4 heterocycles. The minimum Gasteiger partial charge on any atom is -0.351 e. The van der Waals surface area contributed by atoms with Gasteiger partial charge in [-0.3, -0.25) is 9.69 Å². The minimum atomic E-state index is 0.146. The monoisotopic (exact) mass is 315 g/mol. The molecule has 3 aliphatic heterocycles. The Bertz CT molecular complexity index is 688. The molecular weight excluding hydrogens is 294 g/mol. The third kappa shape index (κ3) is 2.52. The number of aromatic nitrogens is 1. The van der Waals surface area contributed by atoms with E-state index in [9.17, 15) is 4.79 Å².